The van der Waals surface area contributed by atoms with Gasteiger partial charge in [-0.2, -0.15) is 22.0 Å². The molecule has 1 nitrogen and oxygen atoms in total. The number of alkyl halides is 5. The Morgan fingerprint density at radius 1 is 0.513 bits per heavy atom. The van der Waals surface area contributed by atoms with Gasteiger partial charge in [-0.3, -0.25) is 0 Å². The second-order valence-electron chi connectivity index (χ2n) is 8.69. The zero-order valence-corrected chi connectivity index (χ0v) is 20.0. The van der Waals surface area contributed by atoms with Crippen LogP contribution in [0.2, 0.25) is 0 Å². The summed E-state index contributed by atoms with van der Waals surface area (Å²) < 4.78 is 143. The van der Waals surface area contributed by atoms with E-state index < -0.39 is 63.8 Å². The van der Waals surface area contributed by atoms with Crippen molar-refractivity contribution in [3.63, 3.8) is 0 Å². The molecule has 4 aromatic rings. The van der Waals surface area contributed by atoms with E-state index in [4.69, 9.17) is 0 Å². The zero-order valence-electron chi connectivity index (χ0n) is 20.0. The van der Waals surface area contributed by atoms with Crippen molar-refractivity contribution in [3.05, 3.63) is 112 Å². The smallest absolute Gasteiger partial charge is 0.429 e. The molecule has 0 heterocycles. The van der Waals surface area contributed by atoms with Gasteiger partial charge in [0.15, 0.2) is 0 Å². The maximum atomic E-state index is 14.9. The average Bonchev–Trinajstić information content (AvgIpc) is 2.78. The van der Waals surface area contributed by atoms with Crippen LogP contribution in [0.5, 0.6) is 5.75 Å². The second-order valence-corrected chi connectivity index (χ2v) is 8.69. The fourth-order valence-corrected chi connectivity index (χ4v) is 3.94. The van der Waals surface area contributed by atoms with Gasteiger partial charge in [0, 0.05) is 17.7 Å². The molecule has 4 aromatic carbocycles. The van der Waals surface area contributed by atoms with Gasteiger partial charge in [0.05, 0.1) is 0 Å². The van der Waals surface area contributed by atoms with Crippen molar-refractivity contribution in [2.24, 2.45) is 0 Å². The quantitative estimate of drug-likeness (QED) is 0.222. The number of halogens is 10. The first-order chi connectivity index (χ1) is 18.1. The molecule has 0 N–H and O–H groups in total. The molecule has 39 heavy (non-hydrogen) atoms. The summed E-state index contributed by atoms with van der Waals surface area (Å²) >= 11 is 0. The fraction of sp³-hybridized carbons (Fsp3) is 0.143. The zero-order chi connectivity index (χ0) is 28.9. The third-order valence-electron chi connectivity index (χ3n) is 6.00. The summed E-state index contributed by atoms with van der Waals surface area (Å²) in [6.07, 6.45) is -10.4. The molecule has 0 aliphatic rings. The molecule has 0 aromatic heterocycles. The molecule has 204 valence electrons. The Kier molecular flexibility index (Phi) is 7.14. The fourth-order valence-electron chi connectivity index (χ4n) is 3.94. The maximum Gasteiger partial charge on any atom is 0.432 e. The third-order valence-corrected chi connectivity index (χ3v) is 6.00. The van der Waals surface area contributed by atoms with Crippen molar-refractivity contribution in [2.75, 3.05) is 0 Å². The van der Waals surface area contributed by atoms with Crippen molar-refractivity contribution in [1.29, 1.82) is 0 Å². The van der Waals surface area contributed by atoms with Gasteiger partial charge in [0.25, 0.3) is 0 Å². The monoisotopic (exact) mass is 558 g/mol. The second kappa shape index (κ2) is 9.94. The highest BCUT2D eigenvalue weighted by Crippen LogP contribution is 2.40. The van der Waals surface area contributed by atoms with Gasteiger partial charge in [-0.1, -0.05) is 30.3 Å². The molecule has 0 saturated heterocycles. The molecule has 0 fully saturated rings. The molecule has 0 amide bonds. The minimum Gasteiger partial charge on any atom is -0.429 e. The molecular formula is C28H16F10O. The van der Waals surface area contributed by atoms with Crippen molar-refractivity contribution < 1.29 is 48.6 Å². The van der Waals surface area contributed by atoms with Gasteiger partial charge >= 0.3 is 12.3 Å². The molecule has 0 radical (unpaired) electrons. The van der Waals surface area contributed by atoms with E-state index in [1.807, 2.05) is 26.0 Å². The lowest BCUT2D eigenvalue weighted by Crippen LogP contribution is -2.25. The first-order valence-corrected chi connectivity index (χ1v) is 11.1. The first kappa shape index (κ1) is 28.0. The van der Waals surface area contributed by atoms with E-state index >= 15 is 0 Å². The lowest BCUT2D eigenvalue weighted by molar-refractivity contribution is -0.189. The van der Waals surface area contributed by atoms with Crippen LogP contribution in [0.15, 0.2) is 60.7 Å². The Labute approximate surface area is 215 Å². The van der Waals surface area contributed by atoms with E-state index in [1.54, 1.807) is 6.07 Å². The minimum atomic E-state index is -5.48. The predicted octanol–water partition coefficient (Wildman–Crippen LogP) is 9.48. The molecule has 4 rings (SSSR count). The van der Waals surface area contributed by atoms with Crippen LogP contribution in [0.4, 0.5) is 43.9 Å². The van der Waals surface area contributed by atoms with Gasteiger partial charge in [-0.15, -0.1) is 0 Å². The van der Waals surface area contributed by atoms with Gasteiger partial charge in [-0.25, -0.2) is 22.0 Å². The van der Waals surface area contributed by atoms with Crippen molar-refractivity contribution in [1.82, 2.24) is 0 Å². The Morgan fingerprint density at radius 3 is 1.51 bits per heavy atom. The summed E-state index contributed by atoms with van der Waals surface area (Å²) in [5.41, 5.74) is -2.04. The molecule has 0 bridgehead atoms. The molecule has 0 saturated carbocycles. The van der Waals surface area contributed by atoms with Crippen LogP contribution in [0, 0.1) is 42.9 Å². The maximum absolute atomic E-state index is 14.9. The van der Waals surface area contributed by atoms with Crippen LogP contribution in [0.3, 0.4) is 0 Å². The molecule has 0 unspecified atom stereocenters. The number of hydrogen-bond acceptors (Lipinski definition) is 1. The Morgan fingerprint density at radius 2 is 1.00 bits per heavy atom. The molecule has 0 spiro atoms. The lowest BCUT2D eigenvalue weighted by atomic mass is 9.96. The van der Waals surface area contributed by atoms with Crippen LogP contribution in [-0.4, -0.2) is 0 Å². The van der Waals surface area contributed by atoms with E-state index in [1.165, 1.54) is 12.1 Å². The summed E-state index contributed by atoms with van der Waals surface area (Å²) in [6.45, 7) is 3.75. The Hall–Kier alpha value is -4.02. The SMILES string of the molecule is Cc1ccc(-c2ccc(-c3cc(F)c(C(F)(F)Oc4cc(F)c(C(F)(F)F)c(F)c4)c(F)c3)c(F)c2)cc1C. The molecule has 0 aliphatic carbocycles. The highest BCUT2D eigenvalue weighted by Gasteiger charge is 2.43. The van der Waals surface area contributed by atoms with Crippen LogP contribution in [-0.2, 0) is 12.3 Å². The summed E-state index contributed by atoms with van der Waals surface area (Å²) in [7, 11) is 0. The average molecular weight is 558 g/mol. The number of ether oxygens (including phenoxy) is 1. The van der Waals surface area contributed by atoms with E-state index in [0.29, 0.717) is 23.3 Å². The van der Waals surface area contributed by atoms with Crippen LogP contribution >= 0.6 is 0 Å². The van der Waals surface area contributed by atoms with E-state index in [9.17, 15) is 43.9 Å². The molecular weight excluding hydrogens is 542 g/mol. The lowest BCUT2D eigenvalue weighted by Gasteiger charge is -2.21. The summed E-state index contributed by atoms with van der Waals surface area (Å²) in [4.78, 5) is 0. The topological polar surface area (TPSA) is 9.23 Å². The van der Waals surface area contributed by atoms with Crippen molar-refractivity contribution in [3.8, 4) is 28.0 Å². The van der Waals surface area contributed by atoms with Crippen molar-refractivity contribution >= 4 is 0 Å². The summed E-state index contributed by atoms with van der Waals surface area (Å²) in [5.74, 6) is -10.7. The number of benzene rings is 4. The van der Waals surface area contributed by atoms with Crippen LogP contribution in [0.1, 0.15) is 22.3 Å². The normalized spacial score (nSPS) is 12.1. The van der Waals surface area contributed by atoms with Gasteiger partial charge in [-0.05, 0) is 59.9 Å². The number of aryl methyl sites for hydroxylation is 2. The van der Waals surface area contributed by atoms with Crippen molar-refractivity contribution in [2.45, 2.75) is 26.1 Å². The Bertz CT molecular complexity index is 1530. The highest BCUT2D eigenvalue weighted by molar-refractivity contribution is 5.72. The summed E-state index contributed by atoms with van der Waals surface area (Å²) in [5, 5.41) is 0. The largest absolute Gasteiger partial charge is 0.432 e. The Balaban J connectivity index is 1.67. The highest BCUT2D eigenvalue weighted by atomic mass is 19.4. The van der Waals surface area contributed by atoms with Gasteiger partial charge in [0.1, 0.15) is 46.0 Å². The first-order valence-electron chi connectivity index (χ1n) is 11.1. The van der Waals surface area contributed by atoms with E-state index in [-0.39, 0.29) is 17.7 Å². The third kappa shape index (κ3) is 5.57. The molecule has 0 aliphatic heterocycles. The van der Waals surface area contributed by atoms with Gasteiger partial charge in [0.2, 0.25) is 0 Å². The molecule has 11 heteroatoms. The van der Waals surface area contributed by atoms with E-state index in [0.717, 1.165) is 17.2 Å². The van der Waals surface area contributed by atoms with Gasteiger partial charge < -0.3 is 4.74 Å². The minimum absolute atomic E-state index is 0.198. The standard InChI is InChI=1S/C28H16F10O/c1-13-3-4-15(7-14(13)2)16-5-6-19(20(29)8-16)17-9-21(30)26(22(31)10-17)28(37,38)39-18-11-23(32)25(24(33)12-18)27(34,35)36/h3-12H,1-2H3. The predicted molar refractivity (Wildman–Crippen MR) is 123 cm³/mol. The van der Waals surface area contributed by atoms with Crippen LogP contribution < -0.4 is 4.74 Å². The van der Waals surface area contributed by atoms with Crippen LogP contribution in [0.25, 0.3) is 22.3 Å². The number of hydrogen-bond donors (Lipinski definition) is 0. The summed E-state index contributed by atoms with van der Waals surface area (Å²) in [6, 6.07) is 9.58. The molecule has 0 atom stereocenters. The van der Waals surface area contributed by atoms with E-state index in [2.05, 4.69) is 4.74 Å². The number of rotatable bonds is 5.